The Balaban J connectivity index is 2.46. The third-order valence-electron chi connectivity index (χ3n) is 2.86. The summed E-state index contributed by atoms with van der Waals surface area (Å²) in [5.41, 5.74) is 0. The first-order valence-corrected chi connectivity index (χ1v) is 6.42. The number of nitrogens with zero attached hydrogens (tertiary/aromatic N) is 2. The van der Waals surface area contributed by atoms with Crippen LogP contribution >= 0.6 is 12.2 Å². The predicted octanol–water partition coefficient (Wildman–Crippen LogP) is 1.67. The molecule has 1 unspecified atom stereocenters. The summed E-state index contributed by atoms with van der Waals surface area (Å²) in [6.45, 7) is 7.35. The summed E-state index contributed by atoms with van der Waals surface area (Å²) >= 11 is 5.09. The van der Waals surface area contributed by atoms with Crippen molar-refractivity contribution in [3.05, 3.63) is 10.6 Å². The fraction of sp³-hybridized carbons (Fsp3) is 0.727. The lowest BCUT2D eigenvalue weighted by Gasteiger charge is -2.09. The molecule has 1 aromatic rings. The van der Waals surface area contributed by atoms with Crippen molar-refractivity contribution >= 4 is 18.1 Å². The zero-order chi connectivity index (χ0) is 12.8. The average molecular weight is 256 g/mol. The second-order valence-corrected chi connectivity index (χ2v) is 4.43. The zero-order valence-corrected chi connectivity index (χ0v) is 11.4. The van der Waals surface area contributed by atoms with E-state index in [4.69, 9.17) is 12.2 Å². The van der Waals surface area contributed by atoms with Crippen LogP contribution in [0.15, 0.2) is 0 Å². The fourth-order valence-corrected chi connectivity index (χ4v) is 1.80. The Labute approximate surface area is 107 Å². The lowest BCUT2D eigenvalue weighted by molar-refractivity contribution is -0.124. The smallest absolute Gasteiger partial charge is 0.222 e. The van der Waals surface area contributed by atoms with Crippen LogP contribution in [0.2, 0.25) is 0 Å². The summed E-state index contributed by atoms with van der Waals surface area (Å²) in [4.78, 5) is 11.6. The van der Waals surface area contributed by atoms with Crippen molar-refractivity contribution in [1.29, 1.82) is 0 Å². The number of hydrogen-bond donors (Lipinski definition) is 2. The van der Waals surface area contributed by atoms with Crippen LogP contribution in [-0.2, 0) is 17.8 Å². The van der Waals surface area contributed by atoms with Gasteiger partial charge in [-0.2, -0.15) is 5.10 Å². The highest BCUT2D eigenvalue weighted by Gasteiger charge is 2.10. The van der Waals surface area contributed by atoms with Gasteiger partial charge in [-0.25, -0.2) is 0 Å². The van der Waals surface area contributed by atoms with Gasteiger partial charge in [0.25, 0.3) is 0 Å². The van der Waals surface area contributed by atoms with Crippen molar-refractivity contribution in [2.75, 3.05) is 6.54 Å². The first kappa shape index (κ1) is 13.9. The number of hydrogen-bond acceptors (Lipinski definition) is 3. The van der Waals surface area contributed by atoms with Gasteiger partial charge < -0.3 is 9.88 Å². The molecule has 1 amide bonds. The minimum atomic E-state index is 0.0713. The van der Waals surface area contributed by atoms with E-state index in [1.54, 1.807) is 0 Å². The fourth-order valence-electron chi connectivity index (χ4n) is 1.52. The first-order chi connectivity index (χ1) is 8.10. The monoisotopic (exact) mass is 256 g/mol. The predicted molar refractivity (Wildman–Crippen MR) is 69.3 cm³/mol. The van der Waals surface area contributed by atoms with Gasteiger partial charge in [0, 0.05) is 25.4 Å². The number of nitrogens with one attached hydrogen (secondary N) is 2. The molecule has 2 N–H and O–H groups in total. The molecule has 0 saturated heterocycles. The van der Waals surface area contributed by atoms with Gasteiger partial charge >= 0.3 is 0 Å². The molecule has 0 aliphatic carbocycles. The van der Waals surface area contributed by atoms with Gasteiger partial charge in [0.2, 0.25) is 5.91 Å². The quantitative estimate of drug-likeness (QED) is 0.761. The van der Waals surface area contributed by atoms with Gasteiger partial charge in [0.1, 0.15) is 5.82 Å². The molecule has 1 aromatic heterocycles. The zero-order valence-electron chi connectivity index (χ0n) is 10.6. The molecule has 6 heteroatoms. The summed E-state index contributed by atoms with van der Waals surface area (Å²) in [5, 5.41) is 9.81. The number of H-pyrrole nitrogens is 1. The number of aromatic nitrogens is 3. The first-order valence-electron chi connectivity index (χ1n) is 6.01. The van der Waals surface area contributed by atoms with Crippen molar-refractivity contribution in [2.24, 2.45) is 5.92 Å². The SMILES string of the molecule is CCC(C)C(=O)NCCc1n[nH]c(=S)n1CC. The van der Waals surface area contributed by atoms with E-state index in [-0.39, 0.29) is 11.8 Å². The molecule has 0 aromatic carbocycles. The molecule has 0 spiro atoms. The molecular weight excluding hydrogens is 236 g/mol. The van der Waals surface area contributed by atoms with E-state index in [0.717, 1.165) is 18.8 Å². The van der Waals surface area contributed by atoms with Crippen LogP contribution in [0.4, 0.5) is 0 Å². The van der Waals surface area contributed by atoms with Gasteiger partial charge in [-0.3, -0.25) is 9.89 Å². The van der Waals surface area contributed by atoms with E-state index in [2.05, 4.69) is 15.5 Å². The van der Waals surface area contributed by atoms with Crippen LogP contribution in [-0.4, -0.2) is 27.2 Å². The number of carbonyl (C=O) groups excluding carboxylic acids is 1. The highest BCUT2D eigenvalue weighted by Crippen LogP contribution is 2.01. The third-order valence-corrected chi connectivity index (χ3v) is 3.17. The second kappa shape index (κ2) is 6.54. The standard InChI is InChI=1S/C11H20N4OS/c1-4-8(3)10(16)12-7-6-9-13-14-11(17)15(9)5-2/h8H,4-7H2,1-3H3,(H,12,16)(H,14,17). The van der Waals surface area contributed by atoms with Crippen LogP contribution in [0.1, 0.15) is 33.0 Å². The van der Waals surface area contributed by atoms with E-state index >= 15 is 0 Å². The summed E-state index contributed by atoms with van der Waals surface area (Å²) in [5.74, 6) is 1.06. The van der Waals surface area contributed by atoms with Crippen molar-refractivity contribution in [1.82, 2.24) is 20.1 Å². The van der Waals surface area contributed by atoms with Crippen LogP contribution in [0, 0.1) is 10.7 Å². The topological polar surface area (TPSA) is 62.7 Å². The van der Waals surface area contributed by atoms with E-state index in [0.29, 0.717) is 17.7 Å². The maximum atomic E-state index is 11.6. The Morgan fingerprint density at radius 1 is 1.59 bits per heavy atom. The Morgan fingerprint density at radius 2 is 2.29 bits per heavy atom. The number of amides is 1. The Morgan fingerprint density at radius 3 is 2.88 bits per heavy atom. The molecule has 0 radical (unpaired) electrons. The van der Waals surface area contributed by atoms with Crippen LogP contribution in [0.5, 0.6) is 0 Å². The Bertz CT molecular complexity index is 423. The molecule has 0 saturated carbocycles. The summed E-state index contributed by atoms with van der Waals surface area (Å²) in [7, 11) is 0. The van der Waals surface area contributed by atoms with Gasteiger partial charge in [-0.05, 0) is 25.6 Å². The van der Waals surface area contributed by atoms with Crippen LogP contribution < -0.4 is 5.32 Å². The molecule has 0 aliphatic heterocycles. The van der Waals surface area contributed by atoms with Crippen molar-refractivity contribution in [3.8, 4) is 0 Å². The van der Waals surface area contributed by atoms with E-state index in [9.17, 15) is 4.79 Å². The lowest BCUT2D eigenvalue weighted by Crippen LogP contribution is -2.31. The molecule has 1 heterocycles. The third kappa shape index (κ3) is 3.66. The molecule has 0 fully saturated rings. The largest absolute Gasteiger partial charge is 0.355 e. The number of carbonyl (C=O) groups is 1. The Hall–Kier alpha value is -1.17. The molecule has 5 nitrogen and oxygen atoms in total. The molecule has 96 valence electrons. The summed E-state index contributed by atoms with van der Waals surface area (Å²) < 4.78 is 2.57. The van der Waals surface area contributed by atoms with E-state index in [1.165, 1.54) is 0 Å². The van der Waals surface area contributed by atoms with Gasteiger partial charge in [0.15, 0.2) is 4.77 Å². The number of rotatable bonds is 6. The van der Waals surface area contributed by atoms with Crippen molar-refractivity contribution in [3.63, 3.8) is 0 Å². The minimum absolute atomic E-state index is 0.0713. The molecule has 0 bridgehead atoms. The summed E-state index contributed by atoms with van der Waals surface area (Å²) in [6.07, 6.45) is 1.56. The van der Waals surface area contributed by atoms with Crippen molar-refractivity contribution < 1.29 is 4.79 Å². The van der Waals surface area contributed by atoms with Gasteiger partial charge in [0.05, 0.1) is 0 Å². The normalized spacial score (nSPS) is 12.4. The molecule has 1 rings (SSSR count). The molecule has 1 atom stereocenters. The van der Waals surface area contributed by atoms with Gasteiger partial charge in [-0.1, -0.05) is 13.8 Å². The molecular formula is C11H20N4OS. The average Bonchev–Trinajstić information content (AvgIpc) is 2.68. The van der Waals surface area contributed by atoms with Crippen molar-refractivity contribution in [2.45, 2.75) is 40.2 Å². The number of aromatic amines is 1. The maximum absolute atomic E-state index is 11.6. The second-order valence-electron chi connectivity index (χ2n) is 4.04. The maximum Gasteiger partial charge on any atom is 0.222 e. The van der Waals surface area contributed by atoms with Gasteiger partial charge in [-0.15, -0.1) is 0 Å². The van der Waals surface area contributed by atoms with E-state index in [1.807, 2.05) is 25.3 Å². The Kier molecular flexibility index (Phi) is 5.34. The highest BCUT2D eigenvalue weighted by molar-refractivity contribution is 7.71. The van der Waals surface area contributed by atoms with E-state index < -0.39 is 0 Å². The summed E-state index contributed by atoms with van der Waals surface area (Å²) in [6, 6.07) is 0. The molecule has 17 heavy (non-hydrogen) atoms. The van der Waals surface area contributed by atoms with Crippen LogP contribution in [0.25, 0.3) is 0 Å². The van der Waals surface area contributed by atoms with Crippen LogP contribution in [0.3, 0.4) is 0 Å². The highest BCUT2D eigenvalue weighted by atomic mass is 32.1. The lowest BCUT2D eigenvalue weighted by atomic mass is 10.1. The minimum Gasteiger partial charge on any atom is -0.355 e. The molecule has 0 aliphatic rings.